The predicted octanol–water partition coefficient (Wildman–Crippen LogP) is 8.68. The minimum Gasteiger partial charge on any atom is -0.465 e. The summed E-state index contributed by atoms with van der Waals surface area (Å²) in [6.45, 7) is 13.3. The van der Waals surface area contributed by atoms with Crippen molar-refractivity contribution >= 4 is 5.71 Å². The Labute approximate surface area is 262 Å². The summed E-state index contributed by atoms with van der Waals surface area (Å²) < 4.78 is 6.55. The van der Waals surface area contributed by atoms with Crippen LogP contribution in [0.3, 0.4) is 0 Å². The van der Waals surface area contributed by atoms with Crippen molar-refractivity contribution < 1.29 is 9.73 Å². The molecule has 0 amide bonds. The zero-order valence-electron chi connectivity index (χ0n) is 26.7. The van der Waals surface area contributed by atoms with E-state index in [2.05, 4.69) is 186 Å². The Morgan fingerprint density at radius 1 is 0.477 bits per heavy atom. The molecule has 2 heterocycles. The number of ether oxygens (including phenoxy) is 1. The maximum Gasteiger partial charge on any atom is 0.216 e. The van der Waals surface area contributed by atoms with Crippen molar-refractivity contribution in [2.45, 2.75) is 47.0 Å². The fourth-order valence-corrected chi connectivity index (χ4v) is 6.17. The molecule has 2 aliphatic rings. The third-order valence-electron chi connectivity index (χ3n) is 8.49. The lowest BCUT2D eigenvalue weighted by molar-refractivity contribution is -0.386. The van der Waals surface area contributed by atoms with E-state index in [-0.39, 0.29) is 10.8 Å². The third kappa shape index (κ3) is 5.42. The van der Waals surface area contributed by atoms with Gasteiger partial charge in [0.05, 0.1) is 16.6 Å². The molecule has 44 heavy (non-hydrogen) atoms. The maximum atomic E-state index is 6.55. The average molecular weight is 577 g/mol. The van der Waals surface area contributed by atoms with Crippen LogP contribution in [-0.4, -0.2) is 5.71 Å². The molecule has 0 atom stereocenters. The zero-order valence-corrected chi connectivity index (χ0v) is 26.7. The first-order valence-electron chi connectivity index (χ1n) is 15.5. The second-order valence-corrected chi connectivity index (χ2v) is 13.8. The van der Waals surface area contributed by atoms with Crippen LogP contribution in [0.25, 0.3) is 0 Å². The van der Waals surface area contributed by atoms with Gasteiger partial charge >= 0.3 is 0 Å². The monoisotopic (exact) mass is 576 g/mol. The Kier molecular flexibility index (Phi) is 7.63. The molecule has 2 nitrogen and oxygen atoms in total. The maximum absolute atomic E-state index is 6.55. The van der Waals surface area contributed by atoms with Crippen molar-refractivity contribution in [3.8, 4) is 0 Å². The van der Waals surface area contributed by atoms with Crippen LogP contribution < -0.4 is 4.99 Å². The van der Waals surface area contributed by atoms with Gasteiger partial charge < -0.3 is 4.74 Å². The van der Waals surface area contributed by atoms with Gasteiger partial charge in [-0.25, -0.2) is 4.99 Å². The smallest absolute Gasteiger partial charge is 0.216 e. The molecule has 2 aliphatic heterocycles. The molecule has 0 radical (unpaired) electrons. The molecule has 2 heteroatoms. The van der Waals surface area contributed by atoms with E-state index in [4.69, 9.17) is 4.74 Å². The van der Waals surface area contributed by atoms with Crippen molar-refractivity contribution in [2.75, 3.05) is 0 Å². The van der Waals surface area contributed by atoms with Gasteiger partial charge in [0.25, 0.3) is 0 Å². The molecule has 0 bridgehead atoms. The molecule has 0 aromatic heterocycles. The normalized spacial score (nSPS) is 15.7. The van der Waals surface area contributed by atoms with E-state index in [1.807, 2.05) is 0 Å². The molecule has 220 valence electrons. The molecule has 4 aromatic carbocycles. The molecule has 0 saturated heterocycles. The molecule has 0 fully saturated rings. The van der Waals surface area contributed by atoms with Crippen LogP contribution in [0.5, 0.6) is 0 Å². The molecule has 1 N–H and O–H groups in total. The Hall–Kier alpha value is -4.69. The zero-order chi connectivity index (χ0) is 31.0. The van der Waals surface area contributed by atoms with Gasteiger partial charge in [0, 0.05) is 22.5 Å². The van der Waals surface area contributed by atoms with Crippen LogP contribution in [0.2, 0.25) is 0 Å². The lowest BCUT2D eigenvalue weighted by Crippen LogP contribution is -2.69. The molecule has 0 saturated carbocycles. The van der Waals surface area contributed by atoms with E-state index in [1.54, 1.807) is 0 Å². The summed E-state index contributed by atoms with van der Waals surface area (Å²) in [5.41, 5.74) is 8.43. The molecular formula is C42H42NO+. The Balaban J connectivity index is 1.74. The number of allylic oxidation sites excluding steroid dienone is 7. The van der Waals surface area contributed by atoms with Gasteiger partial charge in [-0.1, -0.05) is 151 Å². The van der Waals surface area contributed by atoms with Crippen LogP contribution in [0.15, 0.2) is 168 Å². The summed E-state index contributed by atoms with van der Waals surface area (Å²) in [6, 6.07) is 43.5. The summed E-state index contributed by atoms with van der Waals surface area (Å²) in [4.78, 5) is 3.94. The molecule has 6 rings (SSSR count). The summed E-state index contributed by atoms with van der Waals surface area (Å²) >= 11 is 0. The van der Waals surface area contributed by atoms with Gasteiger partial charge in [-0.2, -0.15) is 0 Å². The van der Waals surface area contributed by atoms with E-state index >= 15 is 0 Å². The Morgan fingerprint density at radius 2 is 0.864 bits per heavy atom. The summed E-state index contributed by atoms with van der Waals surface area (Å²) in [7, 11) is 0. The second-order valence-electron chi connectivity index (χ2n) is 13.8. The molecule has 0 spiro atoms. The highest BCUT2D eigenvalue weighted by molar-refractivity contribution is 6.13. The SMILES string of the molecule is CC(C)(C)C1=CC(=C2C=C(C(c3ccccc3)(c3ccccc3)c3ccccc3)C(c3ccccc3)=[NH+]2)C=C(C(C)(C)C)O1. The van der Waals surface area contributed by atoms with Crippen molar-refractivity contribution in [3.05, 3.63) is 190 Å². The van der Waals surface area contributed by atoms with Gasteiger partial charge in [-0.15, -0.1) is 0 Å². The second kappa shape index (κ2) is 11.4. The van der Waals surface area contributed by atoms with E-state index in [1.165, 1.54) is 22.3 Å². The van der Waals surface area contributed by atoms with Gasteiger partial charge in [0.1, 0.15) is 11.5 Å². The van der Waals surface area contributed by atoms with Crippen LogP contribution >= 0.6 is 0 Å². The topological polar surface area (TPSA) is 23.2 Å². The minimum atomic E-state index is -0.581. The fraction of sp³-hybridized carbons (Fsp3) is 0.214. The molecule has 0 unspecified atom stereocenters. The van der Waals surface area contributed by atoms with Crippen molar-refractivity contribution in [3.63, 3.8) is 0 Å². The highest BCUT2D eigenvalue weighted by Crippen LogP contribution is 2.47. The average Bonchev–Trinajstić information content (AvgIpc) is 3.48. The third-order valence-corrected chi connectivity index (χ3v) is 8.49. The number of nitrogens with one attached hydrogen (secondary N) is 1. The largest absolute Gasteiger partial charge is 0.465 e. The molecule has 4 aromatic rings. The number of benzene rings is 4. The first kappa shape index (κ1) is 29.4. The molecular weight excluding hydrogens is 534 g/mol. The lowest BCUT2D eigenvalue weighted by atomic mass is 9.63. The lowest BCUT2D eigenvalue weighted by Gasteiger charge is -2.36. The predicted molar refractivity (Wildman–Crippen MR) is 182 cm³/mol. The minimum absolute atomic E-state index is 0.143. The van der Waals surface area contributed by atoms with Crippen molar-refractivity contribution in [1.82, 2.24) is 0 Å². The Bertz CT molecular complexity index is 1660. The number of hydrogen-bond donors (Lipinski definition) is 1. The quantitative estimate of drug-likeness (QED) is 0.236. The van der Waals surface area contributed by atoms with Gasteiger partial charge in [0.2, 0.25) is 11.4 Å². The van der Waals surface area contributed by atoms with E-state index < -0.39 is 5.41 Å². The highest BCUT2D eigenvalue weighted by Gasteiger charge is 2.47. The van der Waals surface area contributed by atoms with Gasteiger partial charge in [-0.05, 0) is 41.0 Å². The summed E-state index contributed by atoms with van der Waals surface area (Å²) in [5, 5.41) is 0. The first-order chi connectivity index (χ1) is 21.1. The van der Waals surface area contributed by atoms with Gasteiger partial charge in [-0.3, -0.25) is 0 Å². The van der Waals surface area contributed by atoms with E-state index in [9.17, 15) is 0 Å². The van der Waals surface area contributed by atoms with E-state index in [0.717, 1.165) is 34.1 Å². The molecule has 0 aliphatic carbocycles. The van der Waals surface area contributed by atoms with Crippen LogP contribution in [0.1, 0.15) is 63.8 Å². The first-order valence-corrected chi connectivity index (χ1v) is 15.5. The summed E-state index contributed by atoms with van der Waals surface area (Å²) in [6.07, 6.45) is 6.81. The van der Waals surface area contributed by atoms with Crippen LogP contribution in [-0.2, 0) is 10.2 Å². The highest BCUT2D eigenvalue weighted by atomic mass is 16.5. The van der Waals surface area contributed by atoms with Crippen LogP contribution in [0, 0.1) is 10.8 Å². The van der Waals surface area contributed by atoms with E-state index in [0.29, 0.717) is 0 Å². The van der Waals surface area contributed by atoms with Crippen LogP contribution in [0.4, 0.5) is 0 Å². The number of hydrogen-bond acceptors (Lipinski definition) is 1. The number of rotatable bonds is 5. The fourth-order valence-electron chi connectivity index (χ4n) is 6.17. The standard InChI is InChI=1S/C42H41NO/c1-40(2,3)37-27-31(28-38(44-37)41(4,5)6)36-29-35(39(43-36)30-19-11-7-12-20-30)42(32-21-13-8-14-22-32,33-23-15-9-16-24-33)34-25-17-10-18-26-34/h7-29H,1-6H3/p+1. The van der Waals surface area contributed by atoms with Gasteiger partial charge in [0.15, 0.2) is 0 Å². The summed E-state index contributed by atoms with van der Waals surface area (Å²) in [5.74, 6) is 1.94. The van der Waals surface area contributed by atoms with Crippen molar-refractivity contribution in [2.24, 2.45) is 10.8 Å². The van der Waals surface area contributed by atoms with Crippen molar-refractivity contribution in [1.29, 1.82) is 0 Å². The Morgan fingerprint density at radius 3 is 1.25 bits per heavy atom.